The predicted octanol–water partition coefficient (Wildman–Crippen LogP) is 1.32. The molecule has 0 spiro atoms. The van der Waals surface area contributed by atoms with E-state index < -0.39 is 17.7 Å². The van der Waals surface area contributed by atoms with Crippen LogP contribution in [0.25, 0.3) is 0 Å². The molecule has 0 saturated carbocycles. The molecule has 0 aliphatic heterocycles. The molecule has 5 heteroatoms. The van der Waals surface area contributed by atoms with Crippen molar-refractivity contribution in [2.24, 2.45) is 5.73 Å². The first kappa shape index (κ1) is 12.6. The summed E-state index contributed by atoms with van der Waals surface area (Å²) in [5.74, 6) is -1.66. The van der Waals surface area contributed by atoms with Crippen LogP contribution in [0.3, 0.4) is 0 Å². The van der Waals surface area contributed by atoms with Crippen molar-refractivity contribution >= 4 is 5.91 Å². The number of nitrogens with one attached hydrogen (secondary N) is 1. The van der Waals surface area contributed by atoms with Crippen molar-refractivity contribution < 1.29 is 13.6 Å². The third kappa shape index (κ3) is 3.27. The summed E-state index contributed by atoms with van der Waals surface area (Å²) in [5.41, 5.74) is 5.71. The van der Waals surface area contributed by atoms with Gasteiger partial charge in [-0.2, -0.15) is 0 Å². The zero-order valence-corrected chi connectivity index (χ0v) is 8.97. The maximum atomic E-state index is 13.2. The van der Waals surface area contributed by atoms with E-state index in [0.717, 1.165) is 12.1 Å². The second kappa shape index (κ2) is 5.55. The number of carbonyl (C=O) groups excluding carboxylic acids is 1. The Bertz CT molecular complexity index is 382. The summed E-state index contributed by atoms with van der Waals surface area (Å²) in [5, 5.41) is 2.48. The number of amides is 1. The van der Waals surface area contributed by atoms with Crippen molar-refractivity contribution in [3.8, 4) is 0 Å². The van der Waals surface area contributed by atoms with Gasteiger partial charge in [0.25, 0.3) is 0 Å². The summed E-state index contributed by atoms with van der Waals surface area (Å²) < 4.78 is 25.7. The lowest BCUT2D eigenvalue weighted by molar-refractivity contribution is -0.122. The van der Waals surface area contributed by atoms with E-state index in [0.29, 0.717) is 6.42 Å². The Hall–Kier alpha value is -1.49. The van der Waals surface area contributed by atoms with Crippen molar-refractivity contribution in [3.63, 3.8) is 0 Å². The molecule has 1 rings (SSSR count). The first-order valence-corrected chi connectivity index (χ1v) is 5.01. The maximum Gasteiger partial charge on any atom is 0.237 e. The zero-order chi connectivity index (χ0) is 12.1. The normalized spacial score (nSPS) is 12.2. The molecular formula is C11H14F2N2O. The van der Waals surface area contributed by atoms with Gasteiger partial charge >= 0.3 is 0 Å². The molecule has 16 heavy (non-hydrogen) atoms. The SMILES string of the molecule is CC[C@@H](N)C(=O)NCc1ccc(F)cc1F. The number of hydrogen-bond acceptors (Lipinski definition) is 2. The average Bonchev–Trinajstić information content (AvgIpc) is 2.26. The Balaban J connectivity index is 2.58. The second-order valence-corrected chi connectivity index (χ2v) is 3.47. The highest BCUT2D eigenvalue weighted by molar-refractivity contribution is 5.81. The van der Waals surface area contributed by atoms with Crippen molar-refractivity contribution in [1.29, 1.82) is 0 Å². The molecule has 0 saturated heterocycles. The predicted molar refractivity (Wildman–Crippen MR) is 56.5 cm³/mol. The fourth-order valence-electron chi connectivity index (χ4n) is 1.16. The van der Waals surface area contributed by atoms with Gasteiger partial charge in [-0.1, -0.05) is 13.0 Å². The molecule has 1 amide bonds. The van der Waals surface area contributed by atoms with Gasteiger partial charge in [0.2, 0.25) is 5.91 Å². The summed E-state index contributed by atoms with van der Waals surface area (Å²) in [4.78, 5) is 11.3. The van der Waals surface area contributed by atoms with Crippen LogP contribution in [-0.4, -0.2) is 11.9 Å². The molecule has 0 bridgehead atoms. The standard InChI is InChI=1S/C11H14F2N2O/c1-2-10(14)11(16)15-6-7-3-4-8(12)5-9(7)13/h3-5,10H,2,6,14H2,1H3,(H,15,16)/t10-/m1/s1. The molecule has 1 atom stereocenters. The van der Waals surface area contributed by atoms with Gasteiger partial charge < -0.3 is 11.1 Å². The van der Waals surface area contributed by atoms with Crippen LogP contribution in [0.5, 0.6) is 0 Å². The van der Waals surface area contributed by atoms with E-state index in [2.05, 4.69) is 5.32 Å². The summed E-state index contributed by atoms with van der Waals surface area (Å²) >= 11 is 0. The lowest BCUT2D eigenvalue weighted by Crippen LogP contribution is -2.39. The highest BCUT2D eigenvalue weighted by Gasteiger charge is 2.11. The number of rotatable bonds is 4. The molecule has 1 aromatic rings. The van der Waals surface area contributed by atoms with Crippen LogP contribution in [-0.2, 0) is 11.3 Å². The first-order valence-electron chi connectivity index (χ1n) is 5.01. The molecule has 0 radical (unpaired) electrons. The Morgan fingerprint density at radius 2 is 2.19 bits per heavy atom. The van der Waals surface area contributed by atoms with Crippen LogP contribution in [0.1, 0.15) is 18.9 Å². The Kier molecular flexibility index (Phi) is 4.37. The van der Waals surface area contributed by atoms with Crippen molar-refractivity contribution in [3.05, 3.63) is 35.4 Å². The van der Waals surface area contributed by atoms with Crippen LogP contribution >= 0.6 is 0 Å². The molecule has 3 N–H and O–H groups in total. The van der Waals surface area contributed by atoms with E-state index in [4.69, 9.17) is 5.73 Å². The van der Waals surface area contributed by atoms with Gasteiger partial charge in [-0.15, -0.1) is 0 Å². The van der Waals surface area contributed by atoms with E-state index >= 15 is 0 Å². The van der Waals surface area contributed by atoms with Crippen molar-refractivity contribution in [1.82, 2.24) is 5.32 Å². The first-order chi connectivity index (χ1) is 7.54. The summed E-state index contributed by atoms with van der Waals surface area (Å²) in [6.45, 7) is 1.79. The molecule has 0 unspecified atom stereocenters. The fraction of sp³-hybridized carbons (Fsp3) is 0.364. The summed E-state index contributed by atoms with van der Waals surface area (Å²) in [6.07, 6.45) is 0.512. The van der Waals surface area contributed by atoms with Gasteiger partial charge in [0.05, 0.1) is 6.04 Å². The van der Waals surface area contributed by atoms with Crippen LogP contribution in [0.2, 0.25) is 0 Å². The minimum absolute atomic E-state index is 0.0125. The molecule has 88 valence electrons. The molecule has 3 nitrogen and oxygen atoms in total. The molecule has 0 fully saturated rings. The van der Waals surface area contributed by atoms with E-state index in [1.54, 1.807) is 6.92 Å². The largest absolute Gasteiger partial charge is 0.351 e. The topological polar surface area (TPSA) is 55.1 Å². The van der Waals surface area contributed by atoms with Gasteiger partial charge in [0, 0.05) is 18.2 Å². The molecule has 0 aliphatic carbocycles. The van der Waals surface area contributed by atoms with Crippen LogP contribution in [0.4, 0.5) is 8.78 Å². The van der Waals surface area contributed by atoms with E-state index in [-0.39, 0.29) is 18.0 Å². The van der Waals surface area contributed by atoms with Crippen LogP contribution in [0.15, 0.2) is 18.2 Å². The highest BCUT2D eigenvalue weighted by atomic mass is 19.1. The number of carbonyl (C=O) groups is 1. The fourth-order valence-corrected chi connectivity index (χ4v) is 1.16. The number of halogens is 2. The van der Waals surface area contributed by atoms with Gasteiger partial charge in [0.1, 0.15) is 11.6 Å². The molecule has 0 heterocycles. The summed E-state index contributed by atoms with van der Waals surface area (Å²) in [7, 11) is 0. The number of benzene rings is 1. The van der Waals surface area contributed by atoms with Crippen LogP contribution < -0.4 is 11.1 Å². The molecular weight excluding hydrogens is 214 g/mol. The van der Waals surface area contributed by atoms with Crippen LogP contribution in [0, 0.1) is 11.6 Å². The molecule has 0 aromatic heterocycles. The second-order valence-electron chi connectivity index (χ2n) is 3.47. The third-order valence-corrected chi connectivity index (χ3v) is 2.24. The van der Waals surface area contributed by atoms with E-state index in [1.165, 1.54) is 6.07 Å². The smallest absolute Gasteiger partial charge is 0.237 e. The molecule has 0 aliphatic rings. The third-order valence-electron chi connectivity index (χ3n) is 2.24. The van der Waals surface area contributed by atoms with Crippen molar-refractivity contribution in [2.75, 3.05) is 0 Å². The summed E-state index contributed by atoms with van der Waals surface area (Å²) in [6, 6.07) is 2.62. The Morgan fingerprint density at radius 3 is 2.75 bits per heavy atom. The van der Waals surface area contributed by atoms with E-state index in [9.17, 15) is 13.6 Å². The lowest BCUT2D eigenvalue weighted by Gasteiger charge is -2.10. The lowest BCUT2D eigenvalue weighted by atomic mass is 10.2. The van der Waals surface area contributed by atoms with E-state index in [1.807, 2.05) is 0 Å². The Labute approximate surface area is 92.6 Å². The van der Waals surface area contributed by atoms with Gasteiger partial charge in [0.15, 0.2) is 0 Å². The van der Waals surface area contributed by atoms with Gasteiger partial charge in [-0.05, 0) is 12.5 Å². The number of hydrogen-bond donors (Lipinski definition) is 2. The molecule has 1 aromatic carbocycles. The minimum Gasteiger partial charge on any atom is -0.351 e. The monoisotopic (exact) mass is 228 g/mol. The quantitative estimate of drug-likeness (QED) is 0.816. The Morgan fingerprint density at radius 1 is 1.50 bits per heavy atom. The highest BCUT2D eigenvalue weighted by Crippen LogP contribution is 2.09. The van der Waals surface area contributed by atoms with Crippen molar-refractivity contribution in [2.45, 2.75) is 25.9 Å². The van der Waals surface area contributed by atoms with Gasteiger partial charge in [-0.25, -0.2) is 8.78 Å². The maximum absolute atomic E-state index is 13.2. The number of nitrogens with two attached hydrogens (primary N) is 1. The average molecular weight is 228 g/mol. The van der Waals surface area contributed by atoms with Gasteiger partial charge in [-0.3, -0.25) is 4.79 Å². The zero-order valence-electron chi connectivity index (χ0n) is 8.97. The minimum atomic E-state index is -0.676.